The molecule has 0 bridgehead atoms. The molecule has 7 nitrogen and oxygen atoms in total. The van der Waals surface area contributed by atoms with E-state index >= 15 is 0 Å². The molecular weight excluding hydrogens is 392 g/mol. The molecule has 1 aromatic carbocycles. The van der Waals surface area contributed by atoms with Crippen LogP contribution < -0.4 is 5.32 Å². The van der Waals surface area contributed by atoms with Gasteiger partial charge in [-0.05, 0) is 11.5 Å². The van der Waals surface area contributed by atoms with Gasteiger partial charge >= 0.3 is 0 Å². The van der Waals surface area contributed by atoms with Crippen LogP contribution in [0.1, 0.15) is 25.5 Å². The Morgan fingerprint density at radius 2 is 1.92 bits per heavy atom. The number of nitrogens with one attached hydrogen (secondary N) is 1. The van der Waals surface area contributed by atoms with E-state index in [1.807, 2.05) is 6.07 Å². The van der Waals surface area contributed by atoms with E-state index in [9.17, 15) is 13.2 Å². The first-order valence-electron chi connectivity index (χ1n) is 7.93. The van der Waals surface area contributed by atoms with E-state index in [1.165, 1.54) is 18.4 Å². The molecule has 0 aliphatic rings. The van der Waals surface area contributed by atoms with Crippen LogP contribution in [0.15, 0.2) is 34.7 Å². The average Bonchev–Trinajstić information content (AvgIpc) is 3.00. The van der Waals surface area contributed by atoms with Crippen molar-refractivity contribution in [2.45, 2.75) is 24.2 Å². The molecular formula is C16H22N4O3S3. The monoisotopic (exact) mass is 414 g/mol. The number of amides is 1. The van der Waals surface area contributed by atoms with Gasteiger partial charge in [0.15, 0.2) is 4.34 Å². The quantitative estimate of drug-likeness (QED) is 0.527. The molecule has 2 rings (SSSR count). The number of hydrogen-bond acceptors (Lipinski definition) is 7. The molecule has 0 unspecified atom stereocenters. The van der Waals surface area contributed by atoms with Crippen LogP contribution in [0.5, 0.6) is 0 Å². The molecule has 1 N–H and O–H groups in total. The second kappa shape index (κ2) is 8.94. The minimum atomic E-state index is -3.56. The third kappa shape index (κ3) is 5.76. The minimum absolute atomic E-state index is 0.351. The largest absolute Gasteiger partial charge is 0.299 e. The van der Waals surface area contributed by atoms with Crippen molar-refractivity contribution in [1.82, 2.24) is 14.5 Å². The zero-order chi connectivity index (χ0) is 19.3. The lowest BCUT2D eigenvalue weighted by Gasteiger charge is -2.25. The van der Waals surface area contributed by atoms with Crippen LogP contribution in [0.4, 0.5) is 5.13 Å². The number of rotatable bonds is 8. The molecule has 1 atom stereocenters. The number of carbonyl (C=O) groups excluding carboxylic acids is 1. The van der Waals surface area contributed by atoms with E-state index in [4.69, 9.17) is 0 Å². The summed E-state index contributed by atoms with van der Waals surface area (Å²) in [7, 11) is -2.18. The standard InChI is InChI=1S/C16H22N4O3S3/c1-11(2)10-24-16-19-18-15(25-16)17-14(21)13(20(3)26(4,22)23)12-8-6-5-7-9-12/h5-9,11,13H,10H2,1-4H3,(H,17,18,21)/t13-/m0/s1. The Morgan fingerprint density at radius 1 is 1.27 bits per heavy atom. The van der Waals surface area contributed by atoms with Crippen molar-refractivity contribution in [3.05, 3.63) is 35.9 Å². The molecule has 142 valence electrons. The number of hydrogen-bond donors (Lipinski definition) is 1. The Labute approximate surface area is 162 Å². The maximum Gasteiger partial charge on any atom is 0.249 e. The topological polar surface area (TPSA) is 92.3 Å². The predicted octanol–water partition coefficient (Wildman–Crippen LogP) is 2.86. The zero-order valence-corrected chi connectivity index (χ0v) is 17.5. The van der Waals surface area contributed by atoms with E-state index in [2.05, 4.69) is 29.4 Å². The maximum atomic E-state index is 12.8. The van der Waals surface area contributed by atoms with Crippen LogP contribution in [0.2, 0.25) is 0 Å². The number of nitrogens with zero attached hydrogens (tertiary/aromatic N) is 3. The van der Waals surface area contributed by atoms with Gasteiger partial charge in [-0.2, -0.15) is 4.31 Å². The van der Waals surface area contributed by atoms with Crippen LogP contribution in [-0.4, -0.2) is 47.9 Å². The number of benzene rings is 1. The summed E-state index contributed by atoms with van der Waals surface area (Å²) in [6, 6.07) is 7.78. The van der Waals surface area contributed by atoms with Gasteiger partial charge in [-0.25, -0.2) is 8.42 Å². The average molecular weight is 415 g/mol. The Hall–Kier alpha value is -1.49. The van der Waals surface area contributed by atoms with Crippen molar-refractivity contribution in [1.29, 1.82) is 0 Å². The second-order valence-corrected chi connectivity index (χ2v) is 10.4. The minimum Gasteiger partial charge on any atom is -0.299 e. The number of likely N-dealkylation sites (N-methyl/N-ethyl adjacent to an activating group) is 1. The molecule has 1 amide bonds. The van der Waals surface area contributed by atoms with E-state index in [-0.39, 0.29) is 0 Å². The van der Waals surface area contributed by atoms with Crippen LogP contribution in [-0.2, 0) is 14.8 Å². The van der Waals surface area contributed by atoms with Gasteiger partial charge in [-0.3, -0.25) is 10.1 Å². The number of sulfonamides is 1. The first-order chi connectivity index (χ1) is 12.2. The van der Waals surface area contributed by atoms with Gasteiger partial charge in [-0.15, -0.1) is 10.2 Å². The molecule has 26 heavy (non-hydrogen) atoms. The Balaban J connectivity index is 2.19. The van der Waals surface area contributed by atoms with Crippen LogP contribution in [0.25, 0.3) is 0 Å². The van der Waals surface area contributed by atoms with Crippen molar-refractivity contribution >= 4 is 44.2 Å². The van der Waals surface area contributed by atoms with Crippen LogP contribution in [0, 0.1) is 5.92 Å². The first-order valence-corrected chi connectivity index (χ1v) is 11.6. The highest BCUT2D eigenvalue weighted by Crippen LogP contribution is 2.29. The fourth-order valence-electron chi connectivity index (χ4n) is 2.08. The number of anilines is 1. The summed E-state index contributed by atoms with van der Waals surface area (Å²) < 4.78 is 25.8. The van der Waals surface area contributed by atoms with E-state index in [1.54, 1.807) is 36.0 Å². The highest BCUT2D eigenvalue weighted by Gasteiger charge is 2.31. The van der Waals surface area contributed by atoms with Gasteiger partial charge in [0.2, 0.25) is 21.1 Å². The van der Waals surface area contributed by atoms with Crippen molar-refractivity contribution in [2.24, 2.45) is 5.92 Å². The van der Waals surface area contributed by atoms with Crippen molar-refractivity contribution < 1.29 is 13.2 Å². The molecule has 0 spiro atoms. The fourth-order valence-corrected chi connectivity index (χ4v) is 4.42. The third-order valence-corrected chi connectivity index (χ3v) is 7.08. The molecule has 10 heteroatoms. The van der Waals surface area contributed by atoms with Gasteiger partial charge in [0, 0.05) is 12.8 Å². The van der Waals surface area contributed by atoms with Crippen molar-refractivity contribution in [2.75, 3.05) is 24.4 Å². The molecule has 1 aromatic heterocycles. The summed E-state index contributed by atoms with van der Waals surface area (Å²) in [5.74, 6) is 0.958. The molecule has 0 aliphatic carbocycles. The summed E-state index contributed by atoms with van der Waals surface area (Å²) in [5.41, 5.74) is 0.580. The second-order valence-electron chi connectivity index (χ2n) is 6.16. The van der Waals surface area contributed by atoms with Gasteiger partial charge in [0.05, 0.1) is 6.26 Å². The van der Waals surface area contributed by atoms with Crippen LogP contribution in [0.3, 0.4) is 0 Å². The zero-order valence-electron chi connectivity index (χ0n) is 15.0. The highest BCUT2D eigenvalue weighted by molar-refractivity contribution is 8.01. The van der Waals surface area contributed by atoms with Crippen LogP contribution >= 0.6 is 23.1 Å². The summed E-state index contributed by atoms with van der Waals surface area (Å²) in [6.45, 7) is 4.23. The third-order valence-electron chi connectivity index (χ3n) is 3.43. The van der Waals surface area contributed by atoms with E-state index < -0.39 is 22.0 Å². The Morgan fingerprint density at radius 3 is 2.50 bits per heavy atom. The lowest BCUT2D eigenvalue weighted by atomic mass is 10.1. The van der Waals surface area contributed by atoms with Gasteiger partial charge < -0.3 is 0 Å². The Kier molecular flexibility index (Phi) is 7.16. The number of carbonyl (C=O) groups is 1. The molecule has 1 heterocycles. The predicted molar refractivity (Wildman–Crippen MR) is 106 cm³/mol. The molecule has 0 saturated carbocycles. The Bertz CT molecular complexity index is 837. The lowest BCUT2D eigenvalue weighted by Crippen LogP contribution is -2.38. The number of thioether (sulfide) groups is 1. The van der Waals surface area contributed by atoms with Gasteiger partial charge in [0.25, 0.3) is 0 Å². The van der Waals surface area contributed by atoms with Crippen molar-refractivity contribution in [3.8, 4) is 0 Å². The molecule has 0 radical (unpaired) electrons. The lowest BCUT2D eigenvalue weighted by molar-refractivity contribution is -0.119. The highest BCUT2D eigenvalue weighted by atomic mass is 32.2. The molecule has 0 saturated heterocycles. The van der Waals surface area contributed by atoms with Gasteiger partial charge in [0.1, 0.15) is 6.04 Å². The maximum absolute atomic E-state index is 12.8. The molecule has 0 aliphatic heterocycles. The van der Waals surface area contributed by atoms with E-state index in [0.717, 1.165) is 20.7 Å². The smallest absolute Gasteiger partial charge is 0.249 e. The summed E-state index contributed by atoms with van der Waals surface area (Å²) >= 11 is 2.85. The normalized spacial score (nSPS) is 13.2. The van der Waals surface area contributed by atoms with E-state index in [0.29, 0.717) is 16.6 Å². The SMILES string of the molecule is CC(C)CSc1nnc(NC(=O)[C@H](c2ccccc2)N(C)S(C)(=O)=O)s1. The number of aromatic nitrogens is 2. The summed E-state index contributed by atoms with van der Waals surface area (Å²) in [5, 5.41) is 11.1. The summed E-state index contributed by atoms with van der Waals surface area (Å²) in [6.07, 6.45) is 1.07. The van der Waals surface area contributed by atoms with Crippen molar-refractivity contribution in [3.63, 3.8) is 0 Å². The first kappa shape index (κ1) is 20.8. The van der Waals surface area contributed by atoms with Gasteiger partial charge in [-0.1, -0.05) is 67.3 Å². The molecule has 2 aromatic rings. The molecule has 0 fully saturated rings. The fraction of sp³-hybridized carbons (Fsp3) is 0.438. The summed E-state index contributed by atoms with van der Waals surface area (Å²) in [4.78, 5) is 12.8.